The lowest BCUT2D eigenvalue weighted by Crippen LogP contribution is -2.30. The number of ether oxygens (including phenoxy) is 3. The highest BCUT2D eigenvalue weighted by atomic mass is 16.6. The molecule has 0 amide bonds. The Morgan fingerprint density at radius 2 is 0.698 bits per heavy atom. The predicted octanol–water partition coefficient (Wildman–Crippen LogP) is 14.2. The number of carbonyl (C=O) groups excluding carboxylic acids is 3. The Labute approximate surface area is 327 Å². The molecule has 0 aromatic rings. The minimum Gasteiger partial charge on any atom is -0.462 e. The second-order valence-electron chi connectivity index (χ2n) is 15.0. The Balaban J connectivity index is 4.38. The summed E-state index contributed by atoms with van der Waals surface area (Å²) in [4.78, 5) is 37.6. The van der Waals surface area contributed by atoms with E-state index in [1.165, 1.54) is 96.3 Å². The molecule has 53 heavy (non-hydrogen) atoms. The molecule has 0 heterocycles. The van der Waals surface area contributed by atoms with E-state index < -0.39 is 6.10 Å². The molecule has 1 unspecified atom stereocenters. The molecule has 0 saturated carbocycles. The van der Waals surface area contributed by atoms with Crippen molar-refractivity contribution in [2.24, 2.45) is 0 Å². The zero-order chi connectivity index (χ0) is 38.7. The van der Waals surface area contributed by atoms with E-state index in [9.17, 15) is 14.4 Å². The molecular formula is C47H84O6. The van der Waals surface area contributed by atoms with Gasteiger partial charge in [0.25, 0.3) is 0 Å². The molecule has 0 aromatic carbocycles. The Bertz CT molecular complexity index is 907. The summed E-state index contributed by atoms with van der Waals surface area (Å²) in [5.41, 5.74) is 0. The maximum absolute atomic E-state index is 12.7. The van der Waals surface area contributed by atoms with Gasteiger partial charge in [-0.15, -0.1) is 0 Å². The van der Waals surface area contributed by atoms with Gasteiger partial charge in [0.15, 0.2) is 6.10 Å². The lowest BCUT2D eigenvalue weighted by atomic mass is 10.1. The number of rotatable bonds is 40. The molecule has 0 aliphatic rings. The average molecular weight is 745 g/mol. The van der Waals surface area contributed by atoms with Crippen LogP contribution in [-0.4, -0.2) is 37.2 Å². The number of carbonyl (C=O) groups is 3. The Hall–Kier alpha value is -2.37. The fraction of sp³-hybridized carbons (Fsp3) is 0.809. The Morgan fingerprint density at radius 3 is 1.11 bits per heavy atom. The number of hydrogen-bond donors (Lipinski definition) is 0. The first-order chi connectivity index (χ1) is 26.0. The summed E-state index contributed by atoms with van der Waals surface area (Å²) >= 11 is 0. The monoisotopic (exact) mass is 745 g/mol. The third-order valence-corrected chi connectivity index (χ3v) is 9.62. The topological polar surface area (TPSA) is 78.9 Å². The molecule has 0 spiro atoms. The van der Waals surface area contributed by atoms with E-state index in [2.05, 4.69) is 57.2 Å². The summed E-state index contributed by atoms with van der Waals surface area (Å²) in [5, 5.41) is 0. The minimum absolute atomic E-state index is 0.0784. The van der Waals surface area contributed by atoms with Crippen molar-refractivity contribution < 1.29 is 28.6 Å². The van der Waals surface area contributed by atoms with Crippen molar-refractivity contribution in [3.8, 4) is 0 Å². The van der Waals surface area contributed by atoms with Crippen LogP contribution in [-0.2, 0) is 28.6 Å². The SMILES string of the molecule is CCCC/C=C\C/C=C\CCCCCCCC(=O)OCC(COC(=O)CCCCCCCCCCCC)OC(=O)CCCCCCC/C=C\CCCC. The van der Waals surface area contributed by atoms with Crippen molar-refractivity contribution in [3.05, 3.63) is 36.5 Å². The summed E-state index contributed by atoms with van der Waals surface area (Å²) in [7, 11) is 0. The summed E-state index contributed by atoms with van der Waals surface area (Å²) in [6.45, 7) is 6.52. The van der Waals surface area contributed by atoms with Gasteiger partial charge >= 0.3 is 17.9 Å². The fourth-order valence-corrected chi connectivity index (χ4v) is 6.14. The standard InChI is InChI=1S/C47H84O6/c1-4-7-10-13-16-19-22-23-24-26-28-31-34-37-40-46(49)52-43-44(42-51-45(48)39-36-33-30-27-21-18-15-12-9-6-3)53-47(50)41-38-35-32-29-25-20-17-14-11-8-5-2/h13-14,16-17,22-23,44H,4-12,15,18-21,24-43H2,1-3H3/b16-13-,17-14-,23-22-. The largest absolute Gasteiger partial charge is 0.462 e. The molecule has 0 N–H and O–H groups in total. The van der Waals surface area contributed by atoms with Gasteiger partial charge < -0.3 is 14.2 Å². The van der Waals surface area contributed by atoms with Gasteiger partial charge in [0.1, 0.15) is 13.2 Å². The number of allylic oxidation sites excluding steroid dienone is 6. The maximum atomic E-state index is 12.7. The number of hydrogen-bond acceptors (Lipinski definition) is 6. The van der Waals surface area contributed by atoms with Crippen molar-refractivity contribution in [1.29, 1.82) is 0 Å². The summed E-state index contributed by atoms with van der Waals surface area (Å²) < 4.78 is 16.7. The first-order valence-corrected chi connectivity index (χ1v) is 22.5. The van der Waals surface area contributed by atoms with E-state index in [4.69, 9.17) is 14.2 Å². The molecule has 0 fully saturated rings. The fourth-order valence-electron chi connectivity index (χ4n) is 6.14. The first kappa shape index (κ1) is 50.6. The van der Waals surface area contributed by atoms with Crippen molar-refractivity contribution >= 4 is 17.9 Å². The quantitative estimate of drug-likeness (QED) is 0.0269. The van der Waals surface area contributed by atoms with Gasteiger partial charge in [-0.05, 0) is 64.2 Å². The van der Waals surface area contributed by atoms with Gasteiger partial charge in [-0.25, -0.2) is 0 Å². The van der Waals surface area contributed by atoms with E-state index in [0.29, 0.717) is 19.3 Å². The molecule has 1 atom stereocenters. The van der Waals surface area contributed by atoms with Crippen LogP contribution in [0.1, 0.15) is 226 Å². The molecule has 0 rings (SSSR count). The molecule has 6 nitrogen and oxygen atoms in total. The molecule has 0 aliphatic heterocycles. The lowest BCUT2D eigenvalue weighted by Gasteiger charge is -2.18. The van der Waals surface area contributed by atoms with Crippen molar-refractivity contribution in [3.63, 3.8) is 0 Å². The average Bonchev–Trinajstić information content (AvgIpc) is 3.15. The summed E-state index contributed by atoms with van der Waals surface area (Å²) in [5.74, 6) is -0.904. The van der Waals surface area contributed by atoms with Gasteiger partial charge in [0, 0.05) is 19.3 Å². The first-order valence-electron chi connectivity index (χ1n) is 22.5. The molecule has 0 aliphatic carbocycles. The summed E-state index contributed by atoms with van der Waals surface area (Å²) in [6.07, 6.45) is 46.9. The van der Waals surface area contributed by atoms with E-state index in [1.54, 1.807) is 0 Å². The van der Waals surface area contributed by atoms with Crippen molar-refractivity contribution in [1.82, 2.24) is 0 Å². The van der Waals surface area contributed by atoms with Crippen LogP contribution in [0.4, 0.5) is 0 Å². The third-order valence-electron chi connectivity index (χ3n) is 9.62. The van der Waals surface area contributed by atoms with Crippen LogP contribution in [0.15, 0.2) is 36.5 Å². The molecule has 0 saturated heterocycles. The minimum atomic E-state index is -0.775. The molecule has 308 valence electrons. The third kappa shape index (κ3) is 40.6. The zero-order valence-corrected chi connectivity index (χ0v) is 35.0. The highest BCUT2D eigenvalue weighted by Gasteiger charge is 2.19. The maximum Gasteiger partial charge on any atom is 0.306 e. The molecule has 0 bridgehead atoms. The smallest absolute Gasteiger partial charge is 0.306 e. The van der Waals surface area contributed by atoms with E-state index >= 15 is 0 Å². The normalized spacial score (nSPS) is 12.3. The second-order valence-corrected chi connectivity index (χ2v) is 15.0. The van der Waals surface area contributed by atoms with E-state index in [-0.39, 0.29) is 31.1 Å². The van der Waals surface area contributed by atoms with Crippen LogP contribution in [0.5, 0.6) is 0 Å². The van der Waals surface area contributed by atoms with Crippen molar-refractivity contribution in [2.45, 2.75) is 232 Å². The van der Waals surface area contributed by atoms with Gasteiger partial charge in [-0.2, -0.15) is 0 Å². The van der Waals surface area contributed by atoms with Crippen LogP contribution >= 0.6 is 0 Å². The molecule has 0 radical (unpaired) electrons. The summed E-state index contributed by atoms with van der Waals surface area (Å²) in [6, 6.07) is 0. The number of esters is 3. The van der Waals surface area contributed by atoms with Crippen LogP contribution < -0.4 is 0 Å². The molecule has 6 heteroatoms. The van der Waals surface area contributed by atoms with Gasteiger partial charge in [-0.3, -0.25) is 14.4 Å². The van der Waals surface area contributed by atoms with Crippen molar-refractivity contribution in [2.75, 3.05) is 13.2 Å². The number of unbranched alkanes of at least 4 members (excludes halogenated alkanes) is 23. The second kappa shape index (κ2) is 42.4. The van der Waals surface area contributed by atoms with E-state index in [0.717, 1.165) is 89.9 Å². The van der Waals surface area contributed by atoms with Crippen LogP contribution in [0, 0.1) is 0 Å². The zero-order valence-electron chi connectivity index (χ0n) is 35.0. The lowest BCUT2D eigenvalue weighted by molar-refractivity contribution is -0.167. The molecular weight excluding hydrogens is 661 g/mol. The van der Waals surface area contributed by atoms with Crippen LogP contribution in [0.2, 0.25) is 0 Å². The predicted molar refractivity (Wildman–Crippen MR) is 224 cm³/mol. The van der Waals surface area contributed by atoms with Crippen LogP contribution in [0.25, 0.3) is 0 Å². The Kier molecular flexibility index (Phi) is 40.5. The van der Waals surface area contributed by atoms with Crippen LogP contribution in [0.3, 0.4) is 0 Å². The highest BCUT2D eigenvalue weighted by Crippen LogP contribution is 2.14. The Morgan fingerprint density at radius 1 is 0.377 bits per heavy atom. The van der Waals surface area contributed by atoms with Gasteiger partial charge in [-0.1, -0.05) is 179 Å². The molecule has 0 aromatic heterocycles. The van der Waals surface area contributed by atoms with Gasteiger partial charge in [0.05, 0.1) is 0 Å². The highest BCUT2D eigenvalue weighted by molar-refractivity contribution is 5.71. The van der Waals surface area contributed by atoms with E-state index in [1.807, 2.05) is 0 Å². The van der Waals surface area contributed by atoms with Gasteiger partial charge in [0.2, 0.25) is 0 Å².